The number of aromatic amines is 1. The molecule has 1 aromatic carbocycles. The van der Waals surface area contributed by atoms with Crippen LogP contribution in [0.2, 0.25) is 0 Å². The van der Waals surface area contributed by atoms with Crippen LogP contribution in [0.1, 0.15) is 18.4 Å². The highest BCUT2D eigenvalue weighted by atomic mass is 19.1. The van der Waals surface area contributed by atoms with Crippen LogP contribution in [0.5, 0.6) is 0 Å². The summed E-state index contributed by atoms with van der Waals surface area (Å²) >= 11 is 0. The number of likely N-dealkylation sites (tertiary alicyclic amines) is 1. The third-order valence-electron chi connectivity index (χ3n) is 3.80. The summed E-state index contributed by atoms with van der Waals surface area (Å²) < 4.78 is 13.0. The van der Waals surface area contributed by atoms with Crippen molar-refractivity contribution in [3.8, 4) is 11.3 Å². The second-order valence-electron chi connectivity index (χ2n) is 5.28. The van der Waals surface area contributed by atoms with Gasteiger partial charge in [0.25, 0.3) is 0 Å². The summed E-state index contributed by atoms with van der Waals surface area (Å²) in [5, 5.41) is 16.6. The number of piperidine rings is 1. The Morgan fingerprint density at radius 3 is 2.65 bits per heavy atom. The number of halogens is 1. The van der Waals surface area contributed by atoms with Gasteiger partial charge < -0.3 is 5.11 Å². The Morgan fingerprint density at radius 1 is 1.25 bits per heavy atom. The molecule has 0 amide bonds. The lowest BCUT2D eigenvalue weighted by Gasteiger charge is -2.29. The van der Waals surface area contributed by atoms with Gasteiger partial charge in [0.1, 0.15) is 5.82 Å². The first-order valence-electron chi connectivity index (χ1n) is 6.91. The molecule has 1 aliphatic heterocycles. The quantitative estimate of drug-likeness (QED) is 0.902. The van der Waals surface area contributed by atoms with E-state index in [1.807, 2.05) is 6.20 Å². The number of H-pyrrole nitrogens is 1. The van der Waals surface area contributed by atoms with Crippen molar-refractivity contribution < 1.29 is 9.50 Å². The number of hydrogen-bond acceptors (Lipinski definition) is 3. The predicted octanol–water partition coefficient (Wildman–Crippen LogP) is 2.17. The number of nitrogens with zero attached hydrogens (tertiary/aromatic N) is 2. The maximum atomic E-state index is 13.0. The van der Waals surface area contributed by atoms with E-state index in [9.17, 15) is 9.50 Å². The van der Waals surface area contributed by atoms with E-state index in [0.717, 1.165) is 49.3 Å². The molecule has 1 aliphatic rings. The average molecular weight is 275 g/mol. The lowest BCUT2D eigenvalue weighted by Crippen LogP contribution is -2.35. The number of rotatable bonds is 3. The van der Waals surface area contributed by atoms with E-state index in [0.29, 0.717) is 0 Å². The van der Waals surface area contributed by atoms with Gasteiger partial charge in [-0.1, -0.05) is 0 Å². The Kier molecular flexibility index (Phi) is 3.80. The molecule has 0 aliphatic carbocycles. The van der Waals surface area contributed by atoms with E-state index in [1.54, 1.807) is 12.1 Å². The van der Waals surface area contributed by atoms with Crippen LogP contribution in [0.3, 0.4) is 0 Å². The molecule has 0 bridgehead atoms. The van der Waals surface area contributed by atoms with Crippen LogP contribution in [-0.4, -0.2) is 39.4 Å². The van der Waals surface area contributed by atoms with Crippen molar-refractivity contribution in [3.63, 3.8) is 0 Å². The summed E-state index contributed by atoms with van der Waals surface area (Å²) in [5.74, 6) is -0.236. The summed E-state index contributed by atoms with van der Waals surface area (Å²) in [6, 6.07) is 6.42. The maximum absolute atomic E-state index is 13.0. The molecule has 1 fully saturated rings. The van der Waals surface area contributed by atoms with E-state index in [1.165, 1.54) is 12.1 Å². The average Bonchev–Trinajstić information content (AvgIpc) is 2.90. The van der Waals surface area contributed by atoms with Crippen molar-refractivity contribution >= 4 is 0 Å². The van der Waals surface area contributed by atoms with Crippen LogP contribution >= 0.6 is 0 Å². The fraction of sp³-hybridized carbons (Fsp3) is 0.400. The highest BCUT2D eigenvalue weighted by Crippen LogP contribution is 2.23. The second kappa shape index (κ2) is 5.73. The first-order valence-corrected chi connectivity index (χ1v) is 6.91. The zero-order chi connectivity index (χ0) is 13.9. The molecular weight excluding hydrogens is 257 g/mol. The van der Waals surface area contributed by atoms with Gasteiger partial charge in [-0.2, -0.15) is 5.10 Å². The molecule has 0 saturated carbocycles. The molecule has 2 heterocycles. The molecule has 0 radical (unpaired) electrons. The number of hydrogen-bond donors (Lipinski definition) is 2. The van der Waals surface area contributed by atoms with E-state index >= 15 is 0 Å². The molecule has 0 unspecified atom stereocenters. The lowest BCUT2D eigenvalue weighted by molar-refractivity contribution is 0.0793. The fourth-order valence-corrected chi connectivity index (χ4v) is 2.62. The number of aliphatic hydroxyl groups excluding tert-OH is 1. The summed E-state index contributed by atoms with van der Waals surface area (Å²) in [4.78, 5) is 2.31. The van der Waals surface area contributed by atoms with Crippen molar-refractivity contribution in [2.45, 2.75) is 25.5 Å². The van der Waals surface area contributed by atoms with Gasteiger partial charge in [0.15, 0.2) is 0 Å². The molecule has 2 N–H and O–H groups in total. The Bertz CT molecular complexity index is 559. The first kappa shape index (κ1) is 13.3. The molecule has 106 valence electrons. The second-order valence-corrected chi connectivity index (χ2v) is 5.28. The zero-order valence-corrected chi connectivity index (χ0v) is 11.2. The zero-order valence-electron chi connectivity index (χ0n) is 11.2. The normalized spacial score (nSPS) is 17.5. The summed E-state index contributed by atoms with van der Waals surface area (Å²) in [6.45, 7) is 2.60. The fourth-order valence-electron chi connectivity index (χ4n) is 2.62. The van der Waals surface area contributed by atoms with E-state index in [4.69, 9.17) is 0 Å². The Hall–Kier alpha value is -1.72. The summed E-state index contributed by atoms with van der Waals surface area (Å²) in [7, 11) is 0. The van der Waals surface area contributed by atoms with E-state index in [-0.39, 0.29) is 11.9 Å². The van der Waals surface area contributed by atoms with Gasteiger partial charge in [0, 0.05) is 30.8 Å². The molecule has 4 nitrogen and oxygen atoms in total. The molecule has 2 aromatic rings. The lowest BCUT2D eigenvalue weighted by atomic mass is 10.1. The van der Waals surface area contributed by atoms with Gasteiger partial charge >= 0.3 is 0 Å². The minimum atomic E-state index is -0.236. The topological polar surface area (TPSA) is 52.1 Å². The minimum absolute atomic E-state index is 0.160. The van der Waals surface area contributed by atoms with Crippen LogP contribution < -0.4 is 0 Å². The maximum Gasteiger partial charge on any atom is 0.123 e. The van der Waals surface area contributed by atoms with E-state index < -0.39 is 0 Å². The Morgan fingerprint density at radius 2 is 1.95 bits per heavy atom. The SMILES string of the molecule is OC1CCN(Cc2cn[nH]c2-c2ccc(F)cc2)CC1. The molecular formula is C15H18FN3O. The number of benzene rings is 1. The monoisotopic (exact) mass is 275 g/mol. The molecule has 0 spiro atoms. The standard InChI is InChI=1S/C15H18FN3O/c16-13-3-1-11(2-4-13)15-12(9-17-18-15)10-19-7-5-14(20)6-8-19/h1-4,9,14,20H,5-8,10H2,(H,17,18). The first-order chi connectivity index (χ1) is 9.72. The Labute approximate surface area is 117 Å². The molecule has 0 atom stereocenters. The predicted molar refractivity (Wildman–Crippen MR) is 74.5 cm³/mol. The van der Waals surface area contributed by atoms with Gasteiger partial charge in [-0.05, 0) is 37.1 Å². The van der Waals surface area contributed by atoms with Crippen LogP contribution in [-0.2, 0) is 6.54 Å². The summed E-state index contributed by atoms with van der Waals surface area (Å²) in [5.41, 5.74) is 2.99. The number of aliphatic hydroxyl groups is 1. The molecule has 20 heavy (non-hydrogen) atoms. The van der Waals surface area contributed by atoms with Gasteiger partial charge in [-0.25, -0.2) is 4.39 Å². The molecule has 1 saturated heterocycles. The molecule has 5 heteroatoms. The van der Waals surface area contributed by atoms with Crippen molar-refractivity contribution in [2.24, 2.45) is 0 Å². The van der Waals surface area contributed by atoms with Crippen molar-refractivity contribution in [2.75, 3.05) is 13.1 Å². The van der Waals surface area contributed by atoms with Gasteiger partial charge in [-0.3, -0.25) is 10.00 Å². The summed E-state index contributed by atoms with van der Waals surface area (Å²) in [6.07, 6.45) is 3.31. The van der Waals surface area contributed by atoms with Gasteiger partial charge in [0.2, 0.25) is 0 Å². The highest BCUT2D eigenvalue weighted by molar-refractivity contribution is 5.62. The highest BCUT2D eigenvalue weighted by Gasteiger charge is 2.18. The largest absolute Gasteiger partial charge is 0.393 e. The molecule has 3 rings (SSSR count). The molecule has 1 aromatic heterocycles. The van der Waals surface area contributed by atoms with Crippen molar-refractivity contribution in [3.05, 3.63) is 41.8 Å². The third kappa shape index (κ3) is 2.89. The van der Waals surface area contributed by atoms with Crippen LogP contribution in [0.25, 0.3) is 11.3 Å². The van der Waals surface area contributed by atoms with Gasteiger partial charge in [-0.15, -0.1) is 0 Å². The van der Waals surface area contributed by atoms with E-state index in [2.05, 4.69) is 15.1 Å². The van der Waals surface area contributed by atoms with Crippen LogP contribution in [0, 0.1) is 5.82 Å². The minimum Gasteiger partial charge on any atom is -0.393 e. The van der Waals surface area contributed by atoms with Crippen LogP contribution in [0.15, 0.2) is 30.5 Å². The Balaban J connectivity index is 1.75. The van der Waals surface area contributed by atoms with Gasteiger partial charge in [0.05, 0.1) is 18.0 Å². The number of nitrogens with one attached hydrogen (secondary N) is 1. The third-order valence-corrected chi connectivity index (χ3v) is 3.80. The van der Waals surface area contributed by atoms with Crippen molar-refractivity contribution in [1.82, 2.24) is 15.1 Å². The number of aromatic nitrogens is 2. The smallest absolute Gasteiger partial charge is 0.123 e. The van der Waals surface area contributed by atoms with Crippen molar-refractivity contribution in [1.29, 1.82) is 0 Å². The van der Waals surface area contributed by atoms with Crippen LogP contribution in [0.4, 0.5) is 4.39 Å².